The van der Waals surface area contributed by atoms with Crippen molar-refractivity contribution in [1.29, 1.82) is 0 Å². The van der Waals surface area contributed by atoms with Crippen LogP contribution >= 0.6 is 0 Å². The Hall–Kier alpha value is -2.57. The molecule has 0 aromatic carbocycles. The highest BCUT2D eigenvalue weighted by Crippen LogP contribution is 2.64. The Morgan fingerprint density at radius 1 is 1.19 bits per heavy atom. The van der Waals surface area contributed by atoms with Crippen LogP contribution in [0, 0.1) is 17.3 Å². The number of ketones is 2. The molecule has 3 saturated carbocycles. The van der Waals surface area contributed by atoms with Gasteiger partial charge >= 0.3 is 0 Å². The molecule has 4 fully saturated rings. The number of aromatic nitrogens is 3. The first-order valence-corrected chi connectivity index (χ1v) is 11.6. The maximum Gasteiger partial charge on any atom is 0.245 e. The summed E-state index contributed by atoms with van der Waals surface area (Å²) in [4.78, 5) is 44.3. The highest BCUT2D eigenvalue weighted by atomic mass is 16.2. The molecule has 0 N–H and O–H groups in total. The van der Waals surface area contributed by atoms with Crippen LogP contribution in [0.25, 0.3) is 10.9 Å². The second kappa shape index (κ2) is 6.71. The Balaban J connectivity index is 1.16. The Morgan fingerprint density at radius 2 is 2.00 bits per heavy atom. The summed E-state index contributed by atoms with van der Waals surface area (Å²) < 4.78 is 1.57. The van der Waals surface area contributed by atoms with Crippen LogP contribution in [0.1, 0.15) is 68.8 Å². The predicted octanol–water partition coefficient (Wildman–Crippen LogP) is 3.16. The molecule has 6 rings (SSSR count). The topological polar surface area (TPSA) is 85.2 Å². The molecule has 0 unspecified atom stereocenters. The van der Waals surface area contributed by atoms with E-state index in [4.69, 9.17) is 0 Å². The number of likely N-dealkylation sites (tertiary alicyclic amines) is 1. The summed E-state index contributed by atoms with van der Waals surface area (Å²) in [5.74, 6) is 1.20. The molecule has 3 aliphatic carbocycles. The molecular formula is C24H28N4O3. The monoisotopic (exact) mass is 420 g/mol. The molecule has 0 radical (unpaired) electrons. The third-order valence-corrected chi connectivity index (χ3v) is 8.14. The van der Waals surface area contributed by atoms with Crippen LogP contribution in [0.15, 0.2) is 18.5 Å². The molecule has 0 bridgehead atoms. The molecule has 4 aliphatic rings. The van der Waals surface area contributed by atoms with Crippen molar-refractivity contribution >= 4 is 28.4 Å². The molecule has 1 amide bonds. The first-order valence-electron chi connectivity index (χ1n) is 11.6. The number of hydrogen-bond donors (Lipinski definition) is 0. The number of hydrogen-bond acceptors (Lipinski definition) is 5. The normalized spacial score (nSPS) is 27.9. The molecule has 1 spiro atoms. The van der Waals surface area contributed by atoms with Gasteiger partial charge in [-0.25, -0.2) is 0 Å². The van der Waals surface area contributed by atoms with E-state index in [2.05, 4.69) is 10.1 Å². The maximum absolute atomic E-state index is 13.3. The maximum atomic E-state index is 13.3. The van der Waals surface area contributed by atoms with Crippen molar-refractivity contribution in [2.75, 3.05) is 0 Å². The SMILES string of the molecule is CC(=O)c1nn(CC(=O)N2[C@@H]3C[C@@H]3C[C@H]2C(=O)CCC2CC3(CC3)C2)c2cnccc12. The van der Waals surface area contributed by atoms with Gasteiger partial charge in [0.05, 0.1) is 17.8 Å². The highest BCUT2D eigenvalue weighted by Gasteiger charge is 2.56. The lowest BCUT2D eigenvalue weighted by molar-refractivity contribution is -0.139. The Morgan fingerprint density at radius 3 is 2.74 bits per heavy atom. The van der Waals surface area contributed by atoms with Crippen molar-refractivity contribution in [2.45, 2.75) is 76.9 Å². The number of piperidine rings is 1. The number of pyridine rings is 1. The van der Waals surface area contributed by atoms with Gasteiger partial charge in [-0.15, -0.1) is 0 Å². The molecule has 7 nitrogen and oxygen atoms in total. The minimum atomic E-state index is -0.279. The largest absolute Gasteiger partial charge is 0.328 e. The van der Waals surface area contributed by atoms with Crippen LogP contribution < -0.4 is 0 Å². The first kappa shape index (κ1) is 19.1. The zero-order chi connectivity index (χ0) is 21.3. The van der Waals surface area contributed by atoms with Crippen molar-refractivity contribution in [3.63, 3.8) is 0 Å². The molecular weight excluding hydrogens is 392 g/mol. The van der Waals surface area contributed by atoms with Crippen LogP contribution in [-0.2, 0) is 16.1 Å². The van der Waals surface area contributed by atoms with Gasteiger partial charge in [0.1, 0.15) is 12.2 Å². The van der Waals surface area contributed by atoms with Crippen molar-refractivity contribution in [3.8, 4) is 0 Å². The van der Waals surface area contributed by atoms with Gasteiger partial charge in [0.2, 0.25) is 5.91 Å². The van der Waals surface area contributed by atoms with E-state index in [1.807, 2.05) is 4.90 Å². The Labute approximate surface area is 181 Å². The average molecular weight is 421 g/mol. The summed E-state index contributed by atoms with van der Waals surface area (Å²) in [5.41, 5.74) is 1.71. The molecule has 31 heavy (non-hydrogen) atoms. The Bertz CT molecular complexity index is 1090. The zero-order valence-corrected chi connectivity index (χ0v) is 17.9. The lowest BCUT2D eigenvalue weighted by Crippen LogP contribution is -2.45. The fourth-order valence-electron chi connectivity index (χ4n) is 6.18. The summed E-state index contributed by atoms with van der Waals surface area (Å²) in [6.07, 6.45) is 12.0. The molecule has 3 atom stereocenters. The summed E-state index contributed by atoms with van der Waals surface area (Å²) in [5, 5.41) is 5.11. The molecule has 1 saturated heterocycles. The fourth-order valence-corrected chi connectivity index (χ4v) is 6.18. The van der Waals surface area contributed by atoms with Crippen LogP contribution in [0.4, 0.5) is 0 Å². The van der Waals surface area contributed by atoms with Crippen LogP contribution in [0.3, 0.4) is 0 Å². The smallest absolute Gasteiger partial charge is 0.245 e. The minimum Gasteiger partial charge on any atom is -0.328 e. The molecule has 2 aromatic rings. The Kier molecular flexibility index (Phi) is 4.14. The van der Waals surface area contributed by atoms with E-state index < -0.39 is 0 Å². The fraction of sp³-hybridized carbons (Fsp3) is 0.625. The number of amides is 1. The minimum absolute atomic E-state index is 0.0353. The van der Waals surface area contributed by atoms with Crippen LogP contribution in [0.5, 0.6) is 0 Å². The lowest BCUT2D eigenvalue weighted by Gasteiger charge is -2.36. The number of nitrogens with zero attached hydrogens (tertiary/aromatic N) is 4. The number of carbonyl (C=O) groups is 3. The van der Waals surface area contributed by atoms with Crippen LogP contribution in [0.2, 0.25) is 0 Å². The van der Waals surface area contributed by atoms with Gasteiger partial charge in [0, 0.05) is 31.0 Å². The number of fused-ring (bicyclic) bond motifs is 2. The van der Waals surface area contributed by atoms with Gasteiger partial charge in [-0.05, 0) is 68.3 Å². The van der Waals surface area contributed by atoms with Gasteiger partial charge in [0.15, 0.2) is 11.6 Å². The van der Waals surface area contributed by atoms with E-state index in [9.17, 15) is 14.4 Å². The lowest BCUT2D eigenvalue weighted by atomic mass is 9.69. The van der Waals surface area contributed by atoms with E-state index in [0.717, 1.165) is 19.3 Å². The van der Waals surface area contributed by atoms with Gasteiger partial charge in [-0.1, -0.05) is 0 Å². The number of carbonyl (C=O) groups excluding carboxylic acids is 3. The molecule has 162 valence electrons. The van der Waals surface area contributed by atoms with Crippen molar-refractivity contribution in [2.24, 2.45) is 17.3 Å². The quantitative estimate of drug-likeness (QED) is 0.643. The van der Waals surface area contributed by atoms with Crippen molar-refractivity contribution in [1.82, 2.24) is 19.7 Å². The van der Waals surface area contributed by atoms with Crippen molar-refractivity contribution < 1.29 is 14.4 Å². The van der Waals surface area contributed by atoms with E-state index in [-0.39, 0.29) is 36.1 Å². The predicted molar refractivity (Wildman–Crippen MR) is 113 cm³/mol. The van der Waals surface area contributed by atoms with Gasteiger partial charge in [0.25, 0.3) is 0 Å². The summed E-state index contributed by atoms with van der Waals surface area (Å²) in [6, 6.07) is 1.68. The highest BCUT2D eigenvalue weighted by molar-refractivity contribution is 6.04. The van der Waals surface area contributed by atoms with Gasteiger partial charge in [-0.2, -0.15) is 5.10 Å². The average Bonchev–Trinajstić information content (AvgIpc) is 3.62. The van der Waals surface area contributed by atoms with E-state index in [1.165, 1.54) is 32.6 Å². The summed E-state index contributed by atoms with van der Waals surface area (Å²) in [7, 11) is 0. The third-order valence-electron chi connectivity index (χ3n) is 8.14. The van der Waals surface area contributed by atoms with Crippen LogP contribution in [-0.4, -0.2) is 49.2 Å². The molecule has 2 aromatic heterocycles. The molecule has 3 heterocycles. The molecule has 1 aliphatic heterocycles. The van der Waals surface area contributed by atoms with E-state index >= 15 is 0 Å². The standard InChI is InChI=1S/C24H28N4O3/c1-14(29)23-17-4-7-25-12-20(17)27(26-23)13-22(31)28-18-8-16(18)9-19(28)21(30)3-2-15-10-24(11-15)5-6-24/h4,7,12,15-16,18-19H,2-3,5-6,8-11,13H2,1H3/t16-,18-,19+/m1/s1. The van der Waals surface area contributed by atoms with Crippen molar-refractivity contribution in [3.05, 3.63) is 24.2 Å². The first-order chi connectivity index (χ1) is 14.9. The third kappa shape index (κ3) is 3.20. The number of Topliss-reactive ketones (excluding diaryl/α,β-unsaturated/α-hetero) is 2. The van der Waals surface area contributed by atoms with E-state index in [1.54, 1.807) is 23.1 Å². The number of rotatable bonds is 7. The second-order valence-electron chi connectivity index (χ2n) is 10.4. The van der Waals surface area contributed by atoms with Gasteiger partial charge < -0.3 is 4.90 Å². The summed E-state index contributed by atoms with van der Waals surface area (Å²) >= 11 is 0. The van der Waals surface area contributed by atoms with E-state index in [0.29, 0.717) is 40.3 Å². The molecule has 7 heteroatoms. The summed E-state index contributed by atoms with van der Waals surface area (Å²) in [6.45, 7) is 1.51. The second-order valence-corrected chi connectivity index (χ2v) is 10.4. The van der Waals surface area contributed by atoms with Gasteiger partial charge in [-0.3, -0.25) is 24.0 Å². The zero-order valence-electron chi connectivity index (χ0n) is 17.9.